The van der Waals surface area contributed by atoms with E-state index in [4.69, 9.17) is 0 Å². The Morgan fingerprint density at radius 3 is 2.64 bits per heavy atom. The van der Waals surface area contributed by atoms with Crippen LogP contribution in [-0.2, 0) is 0 Å². The van der Waals surface area contributed by atoms with Crippen molar-refractivity contribution in [3.63, 3.8) is 0 Å². The second-order valence-corrected chi connectivity index (χ2v) is 4.97. The van der Waals surface area contributed by atoms with Crippen LogP contribution in [0.1, 0.15) is 0 Å². The number of nitro groups is 1. The molecule has 0 amide bonds. The molecule has 8 nitrogen and oxygen atoms in total. The minimum atomic E-state index is -0.690. The average molecular weight is 340 g/mol. The largest absolute Gasteiger partial charge is 0.357 e. The minimum Gasteiger partial charge on any atom is -0.357 e. The molecule has 2 heterocycles. The van der Waals surface area contributed by atoms with Crippen LogP contribution in [0, 0.1) is 15.9 Å². The number of nitrogens with one attached hydrogen (secondary N) is 2. The maximum atomic E-state index is 13.3. The molecule has 3 rings (SSSR count). The Balaban J connectivity index is 2.02. The predicted molar refractivity (Wildman–Crippen MR) is 91.1 cm³/mol. The van der Waals surface area contributed by atoms with E-state index in [1.165, 1.54) is 6.07 Å². The van der Waals surface area contributed by atoms with Gasteiger partial charge in [0.25, 0.3) is 5.69 Å². The van der Waals surface area contributed by atoms with Gasteiger partial charge in [-0.15, -0.1) is 0 Å². The Kier molecular flexibility index (Phi) is 4.46. The first-order chi connectivity index (χ1) is 12.1. The first-order valence-electron chi connectivity index (χ1n) is 7.26. The van der Waals surface area contributed by atoms with Crippen molar-refractivity contribution in [2.45, 2.75) is 0 Å². The van der Waals surface area contributed by atoms with Crippen LogP contribution in [0.15, 0.2) is 48.7 Å². The number of aromatic nitrogens is 3. The predicted octanol–water partition coefficient (Wildman–Crippen LogP) is 3.37. The third-order valence-electron chi connectivity index (χ3n) is 3.30. The Hall–Kier alpha value is -3.62. The van der Waals surface area contributed by atoms with E-state index in [-0.39, 0.29) is 11.4 Å². The van der Waals surface area contributed by atoms with Gasteiger partial charge in [-0.25, -0.2) is 9.37 Å². The van der Waals surface area contributed by atoms with Crippen molar-refractivity contribution in [3.8, 4) is 11.4 Å². The first kappa shape index (κ1) is 16.2. The van der Waals surface area contributed by atoms with Gasteiger partial charge >= 0.3 is 0 Å². The number of anilines is 3. The normalized spacial score (nSPS) is 10.3. The Morgan fingerprint density at radius 2 is 1.96 bits per heavy atom. The van der Waals surface area contributed by atoms with Gasteiger partial charge in [-0.2, -0.15) is 4.98 Å². The van der Waals surface area contributed by atoms with E-state index in [0.717, 1.165) is 12.1 Å². The van der Waals surface area contributed by atoms with Gasteiger partial charge in [-0.1, -0.05) is 6.07 Å². The van der Waals surface area contributed by atoms with Crippen LogP contribution in [0.3, 0.4) is 0 Å². The monoisotopic (exact) mass is 340 g/mol. The fourth-order valence-electron chi connectivity index (χ4n) is 2.17. The molecule has 0 saturated carbocycles. The summed E-state index contributed by atoms with van der Waals surface area (Å²) in [5.74, 6) is -0.0600. The van der Waals surface area contributed by atoms with Crippen molar-refractivity contribution in [2.75, 3.05) is 17.7 Å². The molecule has 0 fully saturated rings. The molecule has 0 bridgehead atoms. The van der Waals surface area contributed by atoms with Crippen LogP contribution >= 0.6 is 0 Å². The van der Waals surface area contributed by atoms with E-state index in [1.54, 1.807) is 31.4 Å². The van der Waals surface area contributed by atoms with Crippen LogP contribution in [0.4, 0.5) is 27.5 Å². The standard InChI is InChI=1S/C16H13FN6O2/c1-18-16-21-13(11-4-2-3-7-19-11)9-15(22-16)20-12-6-5-10(17)8-14(12)23(24)25/h2-9H,1H3,(H2,18,20,21,22). The fourth-order valence-corrected chi connectivity index (χ4v) is 2.17. The van der Waals surface area contributed by atoms with Crippen LogP contribution in [0.2, 0.25) is 0 Å². The number of nitro benzene ring substituents is 1. The molecule has 2 aromatic heterocycles. The minimum absolute atomic E-state index is 0.124. The highest BCUT2D eigenvalue weighted by Gasteiger charge is 2.16. The SMILES string of the molecule is CNc1nc(Nc2ccc(F)cc2[N+](=O)[O-])cc(-c2ccccn2)n1. The zero-order valence-corrected chi connectivity index (χ0v) is 13.1. The molecule has 0 saturated heterocycles. The summed E-state index contributed by atoms with van der Waals surface area (Å²) in [4.78, 5) is 23.2. The highest BCUT2D eigenvalue weighted by atomic mass is 19.1. The third-order valence-corrected chi connectivity index (χ3v) is 3.30. The number of rotatable bonds is 5. The first-order valence-corrected chi connectivity index (χ1v) is 7.26. The molecule has 0 atom stereocenters. The summed E-state index contributed by atoms with van der Waals surface area (Å²) in [6.45, 7) is 0. The summed E-state index contributed by atoms with van der Waals surface area (Å²) >= 11 is 0. The second kappa shape index (κ2) is 6.87. The molecule has 0 aliphatic rings. The molecule has 126 valence electrons. The zero-order valence-electron chi connectivity index (χ0n) is 13.1. The lowest BCUT2D eigenvalue weighted by atomic mass is 10.2. The number of halogens is 1. The van der Waals surface area contributed by atoms with Gasteiger partial charge in [0.1, 0.15) is 17.3 Å². The molecule has 1 aromatic carbocycles. The van der Waals surface area contributed by atoms with Gasteiger partial charge < -0.3 is 10.6 Å². The van der Waals surface area contributed by atoms with Crippen LogP contribution in [0.5, 0.6) is 0 Å². The topological polar surface area (TPSA) is 106 Å². The molecular formula is C16H13FN6O2. The van der Waals surface area contributed by atoms with Crippen LogP contribution in [-0.4, -0.2) is 26.9 Å². The fraction of sp³-hybridized carbons (Fsp3) is 0.0625. The van der Waals surface area contributed by atoms with Crippen molar-refractivity contribution < 1.29 is 9.31 Å². The molecule has 0 spiro atoms. The summed E-state index contributed by atoms with van der Waals surface area (Å²) in [7, 11) is 1.65. The van der Waals surface area contributed by atoms with Crippen molar-refractivity contribution in [3.05, 3.63) is 64.6 Å². The van der Waals surface area contributed by atoms with Gasteiger partial charge in [0.2, 0.25) is 5.95 Å². The lowest BCUT2D eigenvalue weighted by molar-refractivity contribution is -0.384. The number of benzene rings is 1. The number of hydrogen-bond donors (Lipinski definition) is 2. The molecule has 2 N–H and O–H groups in total. The Labute approximate surface area is 141 Å². The van der Waals surface area contributed by atoms with Crippen molar-refractivity contribution >= 4 is 23.1 Å². The van der Waals surface area contributed by atoms with Crippen LogP contribution < -0.4 is 10.6 Å². The zero-order chi connectivity index (χ0) is 17.8. The van der Waals surface area contributed by atoms with E-state index < -0.39 is 10.7 Å². The van der Waals surface area contributed by atoms with E-state index in [0.29, 0.717) is 23.2 Å². The maximum absolute atomic E-state index is 13.3. The highest BCUT2D eigenvalue weighted by molar-refractivity contribution is 5.70. The summed E-state index contributed by atoms with van der Waals surface area (Å²) in [6, 6.07) is 10.3. The van der Waals surface area contributed by atoms with E-state index in [1.807, 2.05) is 6.07 Å². The molecule has 25 heavy (non-hydrogen) atoms. The highest BCUT2D eigenvalue weighted by Crippen LogP contribution is 2.29. The summed E-state index contributed by atoms with van der Waals surface area (Å²) < 4.78 is 13.3. The van der Waals surface area contributed by atoms with E-state index in [2.05, 4.69) is 25.6 Å². The molecule has 9 heteroatoms. The van der Waals surface area contributed by atoms with Gasteiger partial charge in [-0.3, -0.25) is 15.1 Å². The Morgan fingerprint density at radius 1 is 1.12 bits per heavy atom. The lowest BCUT2D eigenvalue weighted by Gasteiger charge is -2.10. The van der Waals surface area contributed by atoms with Gasteiger partial charge in [0.05, 0.1) is 22.4 Å². The van der Waals surface area contributed by atoms with E-state index >= 15 is 0 Å². The summed E-state index contributed by atoms with van der Waals surface area (Å²) in [6.07, 6.45) is 1.63. The van der Waals surface area contributed by atoms with Crippen molar-refractivity contribution in [2.24, 2.45) is 0 Å². The molecule has 0 aliphatic heterocycles. The maximum Gasteiger partial charge on any atom is 0.295 e. The number of pyridine rings is 1. The molecular weight excluding hydrogens is 327 g/mol. The molecule has 0 unspecified atom stereocenters. The third kappa shape index (κ3) is 3.66. The van der Waals surface area contributed by atoms with Crippen molar-refractivity contribution in [1.82, 2.24) is 15.0 Å². The van der Waals surface area contributed by atoms with Gasteiger partial charge in [-0.05, 0) is 24.3 Å². The number of nitrogens with zero attached hydrogens (tertiary/aromatic N) is 4. The summed E-state index contributed by atoms with van der Waals surface area (Å²) in [5, 5.41) is 16.8. The van der Waals surface area contributed by atoms with Gasteiger partial charge in [0, 0.05) is 19.3 Å². The number of hydrogen-bond acceptors (Lipinski definition) is 7. The van der Waals surface area contributed by atoms with Gasteiger partial charge in [0.15, 0.2) is 0 Å². The molecule has 3 aromatic rings. The lowest BCUT2D eigenvalue weighted by Crippen LogP contribution is -2.04. The van der Waals surface area contributed by atoms with Crippen molar-refractivity contribution in [1.29, 1.82) is 0 Å². The molecule has 0 aliphatic carbocycles. The Bertz CT molecular complexity index is 920. The summed E-state index contributed by atoms with van der Waals surface area (Å²) in [5.41, 5.74) is 0.897. The average Bonchev–Trinajstić information content (AvgIpc) is 2.63. The van der Waals surface area contributed by atoms with E-state index in [9.17, 15) is 14.5 Å². The molecule has 0 radical (unpaired) electrons. The second-order valence-electron chi connectivity index (χ2n) is 4.97. The smallest absolute Gasteiger partial charge is 0.295 e. The quantitative estimate of drug-likeness (QED) is 0.542. The van der Waals surface area contributed by atoms with Crippen LogP contribution in [0.25, 0.3) is 11.4 Å².